The molecule has 1 heterocycles. The molecule has 0 saturated heterocycles. The first kappa shape index (κ1) is 10.4. The van der Waals surface area contributed by atoms with Gasteiger partial charge in [-0.3, -0.25) is 0 Å². The summed E-state index contributed by atoms with van der Waals surface area (Å²) in [5.41, 5.74) is 3.85. The van der Waals surface area contributed by atoms with Crippen molar-refractivity contribution in [3.8, 4) is 0 Å². The molecule has 2 rings (SSSR count). The second-order valence-corrected chi connectivity index (χ2v) is 8.22. The third-order valence-electron chi connectivity index (χ3n) is 2.37. The molecular formula is C13H14AsN. The molecule has 1 nitrogen and oxygen atoms in total. The van der Waals surface area contributed by atoms with Crippen molar-refractivity contribution in [2.75, 3.05) is 0 Å². The third-order valence-corrected chi connectivity index (χ3v) is 6.60. The molecule has 0 saturated carbocycles. The van der Waals surface area contributed by atoms with Gasteiger partial charge in [0.2, 0.25) is 0 Å². The average molecular weight is 259 g/mol. The Hall–Kier alpha value is -1.07. The molecule has 1 atom stereocenters. The minimum absolute atomic E-state index is 0.896. The van der Waals surface area contributed by atoms with Crippen LogP contribution in [0.5, 0.6) is 0 Å². The first-order chi connectivity index (χ1) is 7.36. The zero-order valence-electron chi connectivity index (χ0n) is 8.80. The van der Waals surface area contributed by atoms with E-state index in [2.05, 4.69) is 53.2 Å². The van der Waals surface area contributed by atoms with Crippen molar-refractivity contribution in [1.29, 1.82) is 0 Å². The summed E-state index contributed by atoms with van der Waals surface area (Å²) in [6, 6.07) is 15.0. The second kappa shape index (κ2) is 5.13. The van der Waals surface area contributed by atoms with Crippen molar-refractivity contribution in [2.24, 2.45) is 0 Å². The van der Waals surface area contributed by atoms with E-state index < -0.39 is 14.7 Å². The van der Waals surface area contributed by atoms with Crippen molar-refractivity contribution in [1.82, 2.24) is 4.98 Å². The molecule has 0 aliphatic rings. The number of pyridine rings is 1. The predicted octanol–water partition coefficient (Wildman–Crippen LogP) is 2.20. The third kappa shape index (κ3) is 2.94. The molecule has 0 N–H and O–H groups in total. The molecule has 15 heavy (non-hydrogen) atoms. The Labute approximate surface area is 95.4 Å². The van der Waals surface area contributed by atoms with Crippen LogP contribution in [0.15, 0.2) is 54.9 Å². The van der Waals surface area contributed by atoms with E-state index in [4.69, 9.17) is 0 Å². The normalized spacial score (nSPS) is 12.3. The van der Waals surface area contributed by atoms with Crippen LogP contribution in [0.25, 0.3) is 0 Å². The van der Waals surface area contributed by atoms with Gasteiger partial charge in [0.25, 0.3) is 0 Å². The summed E-state index contributed by atoms with van der Waals surface area (Å²) < 4.78 is 1.50. The van der Waals surface area contributed by atoms with Crippen LogP contribution in [-0.4, -0.2) is 19.6 Å². The molecule has 0 spiro atoms. The fraction of sp³-hybridized carbons (Fsp3) is 0.154. The molecule has 0 aliphatic heterocycles. The summed E-state index contributed by atoms with van der Waals surface area (Å²) in [6.45, 7) is 0. The van der Waals surface area contributed by atoms with Gasteiger partial charge in [0, 0.05) is 0 Å². The summed E-state index contributed by atoms with van der Waals surface area (Å²) in [5.74, 6) is 0. The van der Waals surface area contributed by atoms with Crippen molar-refractivity contribution < 1.29 is 0 Å². The molecule has 76 valence electrons. The van der Waals surface area contributed by atoms with Gasteiger partial charge in [0.1, 0.15) is 0 Å². The number of aromatic nitrogens is 1. The van der Waals surface area contributed by atoms with Gasteiger partial charge < -0.3 is 0 Å². The number of hydrogen-bond donors (Lipinski definition) is 0. The van der Waals surface area contributed by atoms with Crippen LogP contribution in [0.2, 0.25) is 5.71 Å². The Kier molecular flexibility index (Phi) is 3.58. The van der Waals surface area contributed by atoms with E-state index in [1.807, 2.05) is 12.4 Å². The average Bonchev–Trinajstić information content (AvgIpc) is 2.31. The van der Waals surface area contributed by atoms with Gasteiger partial charge in [-0.15, -0.1) is 0 Å². The van der Waals surface area contributed by atoms with Gasteiger partial charge in [-0.2, -0.15) is 0 Å². The SMILES string of the molecule is C[As](Cc1ccccc1)c1ccncc1. The number of rotatable bonds is 3. The molecule has 0 fully saturated rings. The van der Waals surface area contributed by atoms with Crippen LogP contribution in [0, 0.1) is 0 Å². The molecule has 0 aliphatic carbocycles. The molecule has 1 unspecified atom stereocenters. The van der Waals surface area contributed by atoms with Crippen LogP contribution in [0.3, 0.4) is 0 Å². The van der Waals surface area contributed by atoms with Gasteiger partial charge in [0.15, 0.2) is 0 Å². The first-order valence-corrected chi connectivity index (χ1v) is 9.15. The maximum absolute atomic E-state index is 4.06. The second-order valence-electron chi connectivity index (χ2n) is 3.55. The van der Waals surface area contributed by atoms with Crippen molar-refractivity contribution in [2.45, 2.75) is 10.9 Å². The molecule has 1 aromatic heterocycles. The molecule has 2 heteroatoms. The number of nitrogens with zero attached hydrogens (tertiary/aromatic N) is 1. The van der Waals surface area contributed by atoms with E-state index in [-0.39, 0.29) is 0 Å². The predicted molar refractivity (Wildman–Crippen MR) is 65.6 cm³/mol. The quantitative estimate of drug-likeness (QED) is 0.770. The first-order valence-electron chi connectivity index (χ1n) is 5.01. The number of hydrogen-bond acceptors (Lipinski definition) is 1. The molecule has 0 amide bonds. The van der Waals surface area contributed by atoms with Crippen LogP contribution in [-0.2, 0) is 5.21 Å². The standard InChI is InChI=1S/C13H14AsN/c1-14(13-7-9-15-10-8-13)11-12-5-3-2-4-6-12/h2-10H,11H2,1H3. The van der Waals surface area contributed by atoms with Crippen LogP contribution in [0.1, 0.15) is 5.56 Å². The zero-order chi connectivity index (χ0) is 10.5. The Bertz CT molecular complexity index is 399. The summed E-state index contributed by atoms with van der Waals surface area (Å²) >= 11 is -0.896. The van der Waals surface area contributed by atoms with E-state index in [1.54, 1.807) is 0 Å². The van der Waals surface area contributed by atoms with E-state index in [1.165, 1.54) is 15.1 Å². The monoisotopic (exact) mass is 259 g/mol. The summed E-state index contributed by atoms with van der Waals surface area (Å²) in [6.07, 6.45) is 3.79. The summed E-state index contributed by atoms with van der Waals surface area (Å²) in [5, 5.41) is 1.23. The van der Waals surface area contributed by atoms with E-state index >= 15 is 0 Å². The zero-order valence-corrected chi connectivity index (χ0v) is 10.7. The van der Waals surface area contributed by atoms with Gasteiger partial charge in [0.05, 0.1) is 0 Å². The maximum atomic E-state index is 4.06. The summed E-state index contributed by atoms with van der Waals surface area (Å²) in [4.78, 5) is 4.06. The fourth-order valence-electron chi connectivity index (χ4n) is 1.55. The van der Waals surface area contributed by atoms with Gasteiger partial charge >= 0.3 is 95.3 Å². The molecule has 0 radical (unpaired) electrons. The minimum atomic E-state index is -0.896. The van der Waals surface area contributed by atoms with Gasteiger partial charge in [-0.1, -0.05) is 0 Å². The van der Waals surface area contributed by atoms with Crippen molar-refractivity contribution in [3.05, 3.63) is 60.4 Å². The molecular weight excluding hydrogens is 245 g/mol. The molecule has 2 aromatic rings. The Morgan fingerprint density at radius 3 is 2.33 bits per heavy atom. The van der Waals surface area contributed by atoms with E-state index in [0.717, 1.165) is 0 Å². The van der Waals surface area contributed by atoms with Gasteiger partial charge in [-0.05, 0) is 0 Å². The van der Waals surface area contributed by atoms with E-state index in [0.29, 0.717) is 0 Å². The fourth-order valence-corrected chi connectivity index (χ4v) is 4.87. The Morgan fingerprint density at radius 1 is 1.00 bits per heavy atom. The molecule has 0 bridgehead atoms. The summed E-state index contributed by atoms with van der Waals surface area (Å²) in [7, 11) is 0. The van der Waals surface area contributed by atoms with Crippen molar-refractivity contribution in [3.63, 3.8) is 0 Å². The van der Waals surface area contributed by atoms with Crippen LogP contribution in [0.4, 0.5) is 0 Å². The number of benzene rings is 1. The van der Waals surface area contributed by atoms with Crippen LogP contribution >= 0.6 is 0 Å². The Balaban J connectivity index is 2.08. The molecule has 1 aromatic carbocycles. The Morgan fingerprint density at radius 2 is 1.67 bits per heavy atom. The van der Waals surface area contributed by atoms with Gasteiger partial charge in [-0.25, -0.2) is 0 Å². The van der Waals surface area contributed by atoms with Crippen molar-refractivity contribution >= 4 is 19.0 Å². The van der Waals surface area contributed by atoms with E-state index in [9.17, 15) is 0 Å². The van der Waals surface area contributed by atoms with Crippen LogP contribution < -0.4 is 4.35 Å². The topological polar surface area (TPSA) is 12.9 Å².